The molecule has 0 spiro atoms. The zero-order chi connectivity index (χ0) is 11.5. The second-order valence-electron chi connectivity index (χ2n) is 4.25. The summed E-state index contributed by atoms with van der Waals surface area (Å²) in [4.78, 5) is 13.9. The summed E-state index contributed by atoms with van der Waals surface area (Å²) in [7, 11) is 0. The highest BCUT2D eigenvalue weighted by molar-refractivity contribution is 9.10. The molecule has 1 aliphatic heterocycles. The van der Waals surface area contributed by atoms with Gasteiger partial charge in [0.25, 0.3) is 5.91 Å². The smallest absolute Gasteiger partial charge is 0.289 e. The van der Waals surface area contributed by atoms with Gasteiger partial charge in [-0.05, 0) is 46.8 Å². The van der Waals surface area contributed by atoms with Crippen molar-refractivity contribution in [1.29, 1.82) is 0 Å². The minimum atomic E-state index is 0.0141. The van der Waals surface area contributed by atoms with E-state index in [1.54, 1.807) is 12.1 Å². The van der Waals surface area contributed by atoms with Crippen LogP contribution < -0.4 is 0 Å². The number of amides is 1. The van der Waals surface area contributed by atoms with Crippen LogP contribution in [0.1, 0.15) is 36.7 Å². The maximum absolute atomic E-state index is 12.0. The number of hydrogen-bond acceptors (Lipinski definition) is 2. The van der Waals surface area contributed by atoms with E-state index < -0.39 is 0 Å². The van der Waals surface area contributed by atoms with Gasteiger partial charge >= 0.3 is 0 Å². The number of halogens is 1. The molecule has 0 atom stereocenters. The first-order valence-electron chi connectivity index (χ1n) is 5.75. The molecule has 0 saturated carbocycles. The standard InChI is InChI=1S/C12H16BrNO2/c1-2-9-5-7-14(8-6-9)12(15)10-3-4-11(13)16-10/h3-4,9H,2,5-8H2,1H3. The minimum absolute atomic E-state index is 0.0141. The SMILES string of the molecule is CCC1CCN(C(=O)c2ccc(Br)o2)CC1. The van der Waals surface area contributed by atoms with Gasteiger partial charge in [-0.15, -0.1) is 0 Å². The molecule has 1 aromatic heterocycles. The summed E-state index contributed by atoms with van der Waals surface area (Å²) in [5.74, 6) is 1.23. The lowest BCUT2D eigenvalue weighted by molar-refractivity contribution is 0.0655. The number of furan rings is 1. The molecule has 1 fully saturated rings. The van der Waals surface area contributed by atoms with Crippen LogP contribution in [0.2, 0.25) is 0 Å². The minimum Gasteiger partial charge on any atom is -0.444 e. The Labute approximate surface area is 104 Å². The molecule has 16 heavy (non-hydrogen) atoms. The Morgan fingerprint density at radius 2 is 2.19 bits per heavy atom. The fraction of sp³-hybridized carbons (Fsp3) is 0.583. The van der Waals surface area contributed by atoms with Gasteiger partial charge in [-0.1, -0.05) is 13.3 Å². The first-order chi connectivity index (χ1) is 7.70. The third-order valence-electron chi connectivity index (χ3n) is 3.26. The molecule has 1 aromatic rings. The van der Waals surface area contributed by atoms with Crippen molar-refractivity contribution in [3.63, 3.8) is 0 Å². The topological polar surface area (TPSA) is 33.5 Å². The molecule has 0 bridgehead atoms. The van der Waals surface area contributed by atoms with Crippen LogP contribution in [0.15, 0.2) is 21.2 Å². The molecule has 4 heteroatoms. The summed E-state index contributed by atoms with van der Waals surface area (Å²) in [6.07, 6.45) is 3.45. The number of carbonyl (C=O) groups excluding carboxylic acids is 1. The van der Waals surface area contributed by atoms with Crippen molar-refractivity contribution in [2.45, 2.75) is 26.2 Å². The van der Waals surface area contributed by atoms with Gasteiger partial charge in [0.1, 0.15) is 0 Å². The highest BCUT2D eigenvalue weighted by Crippen LogP contribution is 2.22. The molecule has 3 nitrogen and oxygen atoms in total. The van der Waals surface area contributed by atoms with Gasteiger partial charge in [-0.25, -0.2) is 0 Å². The molecule has 1 aliphatic rings. The van der Waals surface area contributed by atoms with Gasteiger partial charge in [0.15, 0.2) is 10.4 Å². The van der Waals surface area contributed by atoms with Gasteiger partial charge in [0.05, 0.1) is 0 Å². The molecule has 0 aromatic carbocycles. The zero-order valence-corrected chi connectivity index (χ0v) is 11.0. The summed E-state index contributed by atoms with van der Waals surface area (Å²) in [5, 5.41) is 0. The summed E-state index contributed by atoms with van der Waals surface area (Å²) < 4.78 is 5.89. The van der Waals surface area contributed by atoms with E-state index in [1.807, 2.05) is 4.90 Å². The fourth-order valence-corrected chi connectivity index (χ4v) is 2.44. The third-order valence-corrected chi connectivity index (χ3v) is 3.69. The number of piperidine rings is 1. The highest BCUT2D eigenvalue weighted by Gasteiger charge is 2.24. The van der Waals surface area contributed by atoms with Gasteiger partial charge in [-0.2, -0.15) is 0 Å². The van der Waals surface area contributed by atoms with E-state index in [4.69, 9.17) is 4.42 Å². The first kappa shape index (κ1) is 11.7. The van der Waals surface area contributed by atoms with Gasteiger partial charge in [0, 0.05) is 13.1 Å². The van der Waals surface area contributed by atoms with E-state index in [0.29, 0.717) is 10.4 Å². The molecule has 1 amide bonds. The second kappa shape index (κ2) is 5.04. The molecule has 0 unspecified atom stereocenters. The quantitative estimate of drug-likeness (QED) is 0.835. The van der Waals surface area contributed by atoms with E-state index in [0.717, 1.165) is 31.8 Å². The Morgan fingerprint density at radius 3 is 2.69 bits per heavy atom. The van der Waals surface area contributed by atoms with E-state index in [-0.39, 0.29) is 5.91 Å². The molecule has 0 aliphatic carbocycles. The molecular formula is C12H16BrNO2. The van der Waals surface area contributed by atoms with Crippen LogP contribution in [0.5, 0.6) is 0 Å². The number of rotatable bonds is 2. The average Bonchev–Trinajstić information content (AvgIpc) is 2.75. The van der Waals surface area contributed by atoms with Crippen LogP contribution in [0.25, 0.3) is 0 Å². The molecule has 1 saturated heterocycles. The maximum atomic E-state index is 12.0. The molecule has 0 N–H and O–H groups in total. The average molecular weight is 286 g/mol. The summed E-state index contributed by atoms with van der Waals surface area (Å²) in [6, 6.07) is 3.48. The predicted molar refractivity (Wildman–Crippen MR) is 65.3 cm³/mol. The molecule has 0 radical (unpaired) electrons. The Morgan fingerprint density at radius 1 is 1.50 bits per heavy atom. The summed E-state index contributed by atoms with van der Waals surface area (Å²) in [6.45, 7) is 3.93. The first-order valence-corrected chi connectivity index (χ1v) is 6.54. The van der Waals surface area contributed by atoms with Crippen LogP contribution in [-0.4, -0.2) is 23.9 Å². The van der Waals surface area contributed by atoms with Crippen LogP contribution in [0.3, 0.4) is 0 Å². The maximum Gasteiger partial charge on any atom is 0.289 e. The number of likely N-dealkylation sites (tertiary alicyclic amines) is 1. The van der Waals surface area contributed by atoms with E-state index in [1.165, 1.54) is 6.42 Å². The zero-order valence-electron chi connectivity index (χ0n) is 9.41. The van der Waals surface area contributed by atoms with E-state index >= 15 is 0 Å². The van der Waals surface area contributed by atoms with Crippen molar-refractivity contribution < 1.29 is 9.21 Å². The molecule has 2 rings (SSSR count). The Balaban J connectivity index is 1.96. The van der Waals surface area contributed by atoms with Crippen molar-refractivity contribution in [3.8, 4) is 0 Å². The van der Waals surface area contributed by atoms with E-state index in [9.17, 15) is 4.79 Å². The van der Waals surface area contributed by atoms with Gasteiger partial charge in [0.2, 0.25) is 0 Å². The molecule has 2 heterocycles. The van der Waals surface area contributed by atoms with Crippen molar-refractivity contribution in [2.24, 2.45) is 5.92 Å². The lowest BCUT2D eigenvalue weighted by Gasteiger charge is -2.30. The van der Waals surface area contributed by atoms with Gasteiger partial charge in [-0.3, -0.25) is 4.79 Å². The second-order valence-corrected chi connectivity index (χ2v) is 5.03. The summed E-state index contributed by atoms with van der Waals surface area (Å²) in [5.41, 5.74) is 0. The van der Waals surface area contributed by atoms with Crippen LogP contribution >= 0.6 is 15.9 Å². The third kappa shape index (κ3) is 2.48. The lowest BCUT2D eigenvalue weighted by Crippen LogP contribution is -2.38. The fourth-order valence-electron chi connectivity index (χ4n) is 2.13. The van der Waals surface area contributed by atoms with E-state index in [2.05, 4.69) is 22.9 Å². The van der Waals surface area contributed by atoms with Crippen LogP contribution in [-0.2, 0) is 0 Å². The van der Waals surface area contributed by atoms with Crippen molar-refractivity contribution >= 4 is 21.8 Å². The monoisotopic (exact) mass is 285 g/mol. The number of nitrogens with zero attached hydrogens (tertiary/aromatic N) is 1. The Bertz CT molecular complexity index is 367. The van der Waals surface area contributed by atoms with Crippen molar-refractivity contribution in [3.05, 3.63) is 22.6 Å². The number of hydrogen-bond donors (Lipinski definition) is 0. The Hall–Kier alpha value is -0.770. The molecular weight excluding hydrogens is 270 g/mol. The van der Waals surface area contributed by atoms with Crippen LogP contribution in [0, 0.1) is 5.92 Å². The normalized spacial score (nSPS) is 17.8. The van der Waals surface area contributed by atoms with Crippen LogP contribution in [0.4, 0.5) is 0 Å². The number of carbonyl (C=O) groups is 1. The predicted octanol–water partition coefficient (Wildman–Crippen LogP) is 3.30. The van der Waals surface area contributed by atoms with Crippen molar-refractivity contribution in [1.82, 2.24) is 4.90 Å². The Kier molecular flexibility index (Phi) is 3.69. The van der Waals surface area contributed by atoms with Gasteiger partial charge < -0.3 is 9.32 Å². The molecule has 88 valence electrons. The highest BCUT2D eigenvalue weighted by atomic mass is 79.9. The van der Waals surface area contributed by atoms with Crippen molar-refractivity contribution in [2.75, 3.05) is 13.1 Å². The lowest BCUT2D eigenvalue weighted by atomic mass is 9.94. The summed E-state index contributed by atoms with van der Waals surface area (Å²) >= 11 is 3.21. The largest absolute Gasteiger partial charge is 0.444 e.